The molecule has 0 fully saturated rings. The topological polar surface area (TPSA) is 69.6 Å². The molecular formula is C14H25NO3P+. The first kappa shape index (κ1) is 18.2. The molecule has 0 saturated heterocycles. The molecule has 0 unspecified atom stereocenters. The van der Waals surface area contributed by atoms with E-state index >= 15 is 0 Å². The highest BCUT2D eigenvalue weighted by Crippen LogP contribution is 2.12. The molecule has 0 aliphatic carbocycles. The second-order valence-electron chi connectivity index (χ2n) is 5.13. The lowest BCUT2D eigenvalue weighted by atomic mass is 9.93. The van der Waals surface area contributed by atoms with Gasteiger partial charge in [0.1, 0.15) is 0 Å². The summed E-state index contributed by atoms with van der Waals surface area (Å²) in [5.74, 6) is 1.38. The molecular weight excluding hydrogens is 261 g/mol. The lowest BCUT2D eigenvalue weighted by Crippen LogP contribution is -2.37. The third kappa shape index (κ3) is 9.74. The van der Waals surface area contributed by atoms with E-state index < -0.39 is 8.25 Å². The fraction of sp³-hybridized carbons (Fsp3) is 0.571. The smallest absolute Gasteiger partial charge is 0.309 e. The Bertz CT molecular complexity index is 343. The van der Waals surface area contributed by atoms with Crippen LogP contribution in [0.25, 0.3) is 0 Å². The average molecular weight is 286 g/mol. The van der Waals surface area contributed by atoms with Crippen LogP contribution in [0.5, 0.6) is 0 Å². The minimum absolute atomic E-state index is 0.602. The van der Waals surface area contributed by atoms with Crippen LogP contribution >= 0.6 is 8.25 Å². The molecule has 1 rings (SSSR count). The zero-order valence-electron chi connectivity index (χ0n) is 12.1. The molecule has 0 radical (unpaired) electrons. The molecule has 1 aromatic carbocycles. The minimum Gasteiger partial charge on any atom is -0.309 e. The monoisotopic (exact) mass is 286 g/mol. The molecule has 1 aromatic rings. The van der Waals surface area contributed by atoms with Crippen molar-refractivity contribution in [2.24, 2.45) is 11.8 Å². The standard InChI is InChI=1S/C14H23N.HO3P/c1-11(2)14(12(3)4)15-10-13-8-6-5-7-9-13;1-4(2)3/h5-9,11-12,14-15H,10H2,1-4H3;(H-,1,2,3)/p+1. The van der Waals surface area contributed by atoms with Gasteiger partial charge in [0.15, 0.2) is 0 Å². The predicted molar refractivity (Wildman–Crippen MR) is 78.8 cm³/mol. The van der Waals surface area contributed by atoms with E-state index in [1.54, 1.807) is 0 Å². The van der Waals surface area contributed by atoms with Crippen LogP contribution in [0.2, 0.25) is 0 Å². The molecule has 108 valence electrons. The average Bonchev–Trinajstić information content (AvgIpc) is 2.28. The summed E-state index contributed by atoms with van der Waals surface area (Å²) in [4.78, 5) is 14.2. The molecule has 4 nitrogen and oxygen atoms in total. The van der Waals surface area contributed by atoms with Crippen LogP contribution in [0.15, 0.2) is 30.3 Å². The van der Waals surface area contributed by atoms with Gasteiger partial charge in [0.2, 0.25) is 0 Å². The lowest BCUT2D eigenvalue weighted by Gasteiger charge is -2.26. The Morgan fingerprint density at radius 1 is 1.05 bits per heavy atom. The third-order valence-corrected chi connectivity index (χ3v) is 2.82. The highest BCUT2D eigenvalue weighted by Gasteiger charge is 2.16. The molecule has 0 heterocycles. The van der Waals surface area contributed by atoms with E-state index in [1.807, 2.05) is 0 Å². The van der Waals surface area contributed by atoms with Crippen molar-refractivity contribution in [3.63, 3.8) is 0 Å². The van der Waals surface area contributed by atoms with Gasteiger partial charge in [0.25, 0.3) is 0 Å². The molecule has 0 atom stereocenters. The summed E-state index contributed by atoms with van der Waals surface area (Å²) in [5.41, 5.74) is 1.36. The molecule has 5 heteroatoms. The van der Waals surface area contributed by atoms with Gasteiger partial charge in [-0.3, -0.25) is 0 Å². The molecule has 0 aliphatic heterocycles. The number of hydrogen-bond acceptors (Lipinski definition) is 2. The number of hydrogen-bond donors (Lipinski definition) is 3. The fourth-order valence-corrected chi connectivity index (χ4v) is 2.07. The second kappa shape index (κ2) is 10.0. The van der Waals surface area contributed by atoms with Crippen LogP contribution in [0.1, 0.15) is 33.3 Å². The van der Waals surface area contributed by atoms with Gasteiger partial charge < -0.3 is 5.32 Å². The molecule has 3 N–H and O–H groups in total. The molecule has 0 aromatic heterocycles. The van der Waals surface area contributed by atoms with Gasteiger partial charge in [0, 0.05) is 17.2 Å². The third-order valence-electron chi connectivity index (χ3n) is 2.82. The Morgan fingerprint density at radius 2 is 1.47 bits per heavy atom. The first-order chi connectivity index (χ1) is 8.84. The lowest BCUT2D eigenvalue weighted by molar-refractivity contribution is 0.313. The molecule has 0 bridgehead atoms. The Balaban J connectivity index is 0.000000711. The zero-order valence-corrected chi connectivity index (χ0v) is 13.0. The maximum atomic E-state index is 8.70. The van der Waals surface area contributed by atoms with E-state index in [1.165, 1.54) is 5.56 Å². The van der Waals surface area contributed by atoms with Gasteiger partial charge in [-0.1, -0.05) is 58.0 Å². The summed E-state index contributed by atoms with van der Waals surface area (Å²) in [5, 5.41) is 3.63. The molecule has 0 saturated carbocycles. The van der Waals surface area contributed by atoms with Crippen molar-refractivity contribution in [3.8, 4) is 0 Å². The summed E-state index contributed by atoms with van der Waals surface area (Å²) in [6.45, 7) is 10.1. The quantitative estimate of drug-likeness (QED) is 0.728. The van der Waals surface area contributed by atoms with Crippen LogP contribution in [-0.4, -0.2) is 15.8 Å². The Labute approximate surface area is 116 Å². The molecule has 0 amide bonds. The number of nitrogens with one attached hydrogen (secondary N) is 1. The first-order valence-corrected chi connectivity index (χ1v) is 7.63. The molecule has 0 aliphatic rings. The highest BCUT2D eigenvalue weighted by atomic mass is 31.1. The van der Waals surface area contributed by atoms with Crippen molar-refractivity contribution in [1.82, 2.24) is 5.32 Å². The van der Waals surface area contributed by atoms with Gasteiger partial charge in [-0.15, -0.1) is 9.79 Å². The first-order valence-electron chi connectivity index (χ1n) is 6.47. The number of benzene rings is 1. The van der Waals surface area contributed by atoms with Crippen molar-refractivity contribution in [2.75, 3.05) is 0 Å². The van der Waals surface area contributed by atoms with E-state index in [0.29, 0.717) is 17.9 Å². The second-order valence-corrected chi connectivity index (χ2v) is 5.64. The van der Waals surface area contributed by atoms with Crippen LogP contribution in [0, 0.1) is 11.8 Å². The van der Waals surface area contributed by atoms with Crippen molar-refractivity contribution in [1.29, 1.82) is 0 Å². The van der Waals surface area contributed by atoms with Gasteiger partial charge in [0.05, 0.1) is 0 Å². The predicted octanol–water partition coefficient (Wildman–Crippen LogP) is 3.09. The number of rotatable bonds is 5. The van der Waals surface area contributed by atoms with E-state index in [-0.39, 0.29) is 0 Å². The minimum atomic E-state index is -2.87. The van der Waals surface area contributed by atoms with Crippen molar-refractivity contribution < 1.29 is 14.4 Å². The Morgan fingerprint density at radius 3 is 1.84 bits per heavy atom. The Kier molecular flexibility index (Phi) is 9.62. The summed E-state index contributed by atoms with van der Waals surface area (Å²) < 4.78 is 8.70. The van der Waals surface area contributed by atoms with Gasteiger partial charge in [-0.05, 0) is 17.4 Å². The molecule has 0 spiro atoms. The van der Waals surface area contributed by atoms with E-state index in [0.717, 1.165) is 6.54 Å². The fourth-order valence-electron chi connectivity index (χ4n) is 2.07. The zero-order chi connectivity index (χ0) is 14.8. The van der Waals surface area contributed by atoms with Crippen molar-refractivity contribution >= 4 is 8.25 Å². The summed E-state index contributed by atoms with van der Waals surface area (Å²) in [7, 11) is -2.87. The summed E-state index contributed by atoms with van der Waals surface area (Å²) >= 11 is 0. The summed E-state index contributed by atoms with van der Waals surface area (Å²) in [6, 6.07) is 11.2. The molecule has 19 heavy (non-hydrogen) atoms. The Hall–Kier alpha value is -0.800. The van der Waals surface area contributed by atoms with Crippen LogP contribution in [-0.2, 0) is 11.1 Å². The van der Waals surface area contributed by atoms with Gasteiger partial charge in [-0.2, -0.15) is 0 Å². The van der Waals surface area contributed by atoms with Crippen LogP contribution in [0.3, 0.4) is 0 Å². The maximum absolute atomic E-state index is 8.70. The van der Waals surface area contributed by atoms with Crippen molar-refractivity contribution in [3.05, 3.63) is 35.9 Å². The largest absolute Gasteiger partial charge is 0.692 e. The SMILES string of the molecule is CC(C)C(NCc1ccccc1)C(C)C.O=[P+](O)O. The van der Waals surface area contributed by atoms with E-state index in [9.17, 15) is 0 Å². The highest BCUT2D eigenvalue weighted by molar-refractivity contribution is 7.30. The van der Waals surface area contributed by atoms with Crippen molar-refractivity contribution in [2.45, 2.75) is 40.3 Å². The van der Waals surface area contributed by atoms with Crippen LogP contribution in [0.4, 0.5) is 0 Å². The maximum Gasteiger partial charge on any atom is 0.692 e. The van der Waals surface area contributed by atoms with E-state index in [2.05, 4.69) is 63.3 Å². The summed E-state index contributed by atoms with van der Waals surface area (Å²) in [6.07, 6.45) is 0. The van der Waals surface area contributed by atoms with Crippen LogP contribution < -0.4 is 5.32 Å². The van der Waals surface area contributed by atoms with E-state index in [4.69, 9.17) is 14.4 Å². The van der Waals surface area contributed by atoms with Gasteiger partial charge in [-0.25, -0.2) is 0 Å². The normalized spacial score (nSPS) is 10.6. The van der Waals surface area contributed by atoms with Gasteiger partial charge >= 0.3 is 8.25 Å².